The van der Waals surface area contributed by atoms with Crippen molar-refractivity contribution in [1.29, 1.82) is 0 Å². The lowest BCUT2D eigenvalue weighted by Crippen LogP contribution is -2.53. The fraction of sp³-hybridized carbons (Fsp3) is 0.581. The van der Waals surface area contributed by atoms with Crippen molar-refractivity contribution in [1.82, 2.24) is 0 Å². The molecule has 0 N–H and O–H groups in total. The van der Waals surface area contributed by atoms with Crippen LogP contribution in [0.25, 0.3) is 0 Å². The van der Waals surface area contributed by atoms with Gasteiger partial charge in [0.1, 0.15) is 5.60 Å². The number of Topliss-reactive ketones (excluding diaryl/α,β-unsaturated/α-hetero) is 1. The van der Waals surface area contributed by atoms with E-state index in [1.165, 1.54) is 11.1 Å². The summed E-state index contributed by atoms with van der Waals surface area (Å²) in [4.78, 5) is 39.3. The van der Waals surface area contributed by atoms with Crippen LogP contribution in [0, 0.1) is 17.3 Å². The zero-order valence-electron chi connectivity index (χ0n) is 22.4. The normalized spacial score (nSPS) is 33.5. The molecule has 0 heterocycles. The Bertz CT molecular complexity index is 1160. The molecule has 1 aromatic carbocycles. The van der Waals surface area contributed by atoms with Crippen molar-refractivity contribution < 1.29 is 19.1 Å². The van der Waals surface area contributed by atoms with Gasteiger partial charge in [0.15, 0.2) is 0 Å². The number of esters is 1. The summed E-state index contributed by atoms with van der Waals surface area (Å²) in [7, 11) is 4.09. The van der Waals surface area contributed by atoms with E-state index in [1.54, 1.807) is 13.0 Å². The van der Waals surface area contributed by atoms with Crippen LogP contribution in [-0.2, 0) is 19.1 Å². The van der Waals surface area contributed by atoms with Gasteiger partial charge in [-0.25, -0.2) is 0 Å². The van der Waals surface area contributed by atoms with Crippen molar-refractivity contribution in [2.45, 2.75) is 83.7 Å². The summed E-state index contributed by atoms with van der Waals surface area (Å²) in [5.41, 5.74) is 5.37. The number of benzene rings is 1. The Balaban J connectivity index is 1.68. The number of ether oxygens (including phenoxy) is 1. The van der Waals surface area contributed by atoms with E-state index >= 15 is 0 Å². The maximum absolute atomic E-state index is 12.6. The zero-order chi connectivity index (χ0) is 25.8. The minimum absolute atomic E-state index is 0.136. The van der Waals surface area contributed by atoms with Gasteiger partial charge in [-0.15, -0.1) is 0 Å². The van der Waals surface area contributed by atoms with Crippen LogP contribution >= 0.6 is 0 Å². The molecule has 5 rings (SSSR count). The SMILES string of the molecule is CCC[C@@]1(OC(C)=O)CC[C@H]2[C@@H]3CCC4=CC(=O)C(=O)CC4=C3C(c3ccc(N(C)C)cc3)C[C@@]21C. The minimum atomic E-state index is -0.454. The molecule has 0 saturated heterocycles. The van der Waals surface area contributed by atoms with Crippen LogP contribution in [0.4, 0.5) is 5.69 Å². The smallest absolute Gasteiger partial charge is 0.303 e. The third kappa shape index (κ3) is 3.77. The van der Waals surface area contributed by atoms with Crippen molar-refractivity contribution in [3.8, 4) is 0 Å². The molecule has 5 nitrogen and oxygen atoms in total. The molecule has 5 atom stereocenters. The number of nitrogens with zero attached hydrogens (tertiary/aromatic N) is 1. The summed E-state index contributed by atoms with van der Waals surface area (Å²) in [6.45, 7) is 6.09. The van der Waals surface area contributed by atoms with Crippen LogP contribution in [0.3, 0.4) is 0 Å². The first kappa shape index (κ1) is 25.0. The van der Waals surface area contributed by atoms with Gasteiger partial charge >= 0.3 is 5.97 Å². The lowest BCUT2D eigenvalue weighted by atomic mass is 9.50. The van der Waals surface area contributed by atoms with E-state index in [9.17, 15) is 14.4 Å². The molecule has 2 fully saturated rings. The van der Waals surface area contributed by atoms with Crippen molar-refractivity contribution >= 4 is 23.2 Å². The number of anilines is 1. The topological polar surface area (TPSA) is 63.7 Å². The van der Waals surface area contributed by atoms with E-state index in [1.807, 2.05) is 14.1 Å². The van der Waals surface area contributed by atoms with Crippen LogP contribution in [0.1, 0.15) is 83.6 Å². The first-order valence-corrected chi connectivity index (χ1v) is 13.6. The minimum Gasteiger partial charge on any atom is -0.459 e. The van der Waals surface area contributed by atoms with E-state index in [-0.39, 0.29) is 35.3 Å². The molecular formula is C31H39NO4. The lowest BCUT2D eigenvalue weighted by molar-refractivity contribution is -0.178. The van der Waals surface area contributed by atoms with Crippen molar-refractivity contribution in [3.63, 3.8) is 0 Å². The molecule has 36 heavy (non-hydrogen) atoms. The largest absolute Gasteiger partial charge is 0.459 e. The summed E-state index contributed by atoms with van der Waals surface area (Å²) in [6.07, 6.45) is 8.34. The molecule has 0 aliphatic heterocycles. The van der Waals surface area contributed by atoms with E-state index in [2.05, 4.69) is 43.0 Å². The maximum Gasteiger partial charge on any atom is 0.303 e. The first-order chi connectivity index (χ1) is 17.1. The molecule has 5 heteroatoms. The highest BCUT2D eigenvalue weighted by atomic mass is 16.6. The van der Waals surface area contributed by atoms with Crippen LogP contribution in [0.15, 0.2) is 47.1 Å². The summed E-state index contributed by atoms with van der Waals surface area (Å²) >= 11 is 0. The van der Waals surface area contributed by atoms with Crippen LogP contribution < -0.4 is 4.90 Å². The number of ketones is 2. The van der Waals surface area contributed by atoms with Crippen LogP contribution in [0.2, 0.25) is 0 Å². The molecule has 4 aliphatic rings. The second kappa shape index (κ2) is 9.00. The molecule has 1 aromatic rings. The summed E-state index contributed by atoms with van der Waals surface area (Å²) in [6, 6.07) is 8.78. The monoisotopic (exact) mass is 489 g/mol. The standard InChI is InChI=1S/C31H39NO4/c1-6-14-31(36-19(2)33)15-13-26-23-12-9-21-16-27(34)28(35)17-24(21)29(23)25(18-30(26,31)3)20-7-10-22(11-8-20)32(4)5/h7-8,10-11,16,23,25-26H,6,9,12-15,17-18H2,1-5H3/t23-,25?,26-,30-,31+/m0/s1. The van der Waals surface area contributed by atoms with Gasteiger partial charge in [0.2, 0.25) is 11.6 Å². The summed E-state index contributed by atoms with van der Waals surface area (Å²) in [5, 5.41) is 0. The van der Waals surface area contributed by atoms with Crippen molar-refractivity contribution in [3.05, 3.63) is 52.6 Å². The number of hydrogen-bond donors (Lipinski definition) is 0. The summed E-state index contributed by atoms with van der Waals surface area (Å²) in [5.74, 6) is 0.0486. The van der Waals surface area contributed by atoms with Gasteiger partial charge in [-0.2, -0.15) is 0 Å². The molecule has 0 bridgehead atoms. The molecule has 0 spiro atoms. The van der Waals surface area contributed by atoms with E-state index in [4.69, 9.17) is 4.74 Å². The van der Waals surface area contributed by atoms with E-state index in [0.717, 1.165) is 61.8 Å². The predicted molar refractivity (Wildman–Crippen MR) is 141 cm³/mol. The number of carbonyl (C=O) groups is 3. The third-order valence-electron chi connectivity index (χ3n) is 9.79. The van der Waals surface area contributed by atoms with Gasteiger partial charge in [-0.05, 0) is 85.3 Å². The van der Waals surface area contributed by atoms with E-state index in [0.29, 0.717) is 11.8 Å². The third-order valence-corrected chi connectivity index (χ3v) is 9.79. The van der Waals surface area contributed by atoms with Gasteiger partial charge in [0.25, 0.3) is 0 Å². The first-order valence-electron chi connectivity index (χ1n) is 13.6. The molecule has 0 amide bonds. The molecule has 0 aromatic heterocycles. The highest BCUT2D eigenvalue weighted by molar-refractivity contribution is 6.43. The Morgan fingerprint density at radius 2 is 1.86 bits per heavy atom. The average molecular weight is 490 g/mol. The van der Waals surface area contributed by atoms with Crippen molar-refractivity contribution in [2.75, 3.05) is 19.0 Å². The zero-order valence-corrected chi connectivity index (χ0v) is 22.4. The molecule has 2 saturated carbocycles. The predicted octanol–water partition coefficient (Wildman–Crippen LogP) is 5.93. The number of fused-ring (bicyclic) bond motifs is 4. The van der Waals surface area contributed by atoms with Crippen LogP contribution in [0.5, 0.6) is 0 Å². The van der Waals surface area contributed by atoms with Gasteiger partial charge in [0.05, 0.1) is 0 Å². The summed E-state index contributed by atoms with van der Waals surface area (Å²) < 4.78 is 6.29. The Labute approximate surface area is 215 Å². The van der Waals surface area contributed by atoms with Gasteiger partial charge in [-0.3, -0.25) is 14.4 Å². The average Bonchev–Trinajstić information content (AvgIpc) is 3.10. The fourth-order valence-electron chi connectivity index (χ4n) is 8.23. The highest BCUT2D eigenvalue weighted by Gasteiger charge is 2.64. The second-order valence-electron chi connectivity index (χ2n) is 11.9. The number of rotatable bonds is 5. The fourth-order valence-corrected chi connectivity index (χ4v) is 8.23. The maximum atomic E-state index is 12.6. The lowest BCUT2D eigenvalue weighted by Gasteiger charge is -2.55. The van der Waals surface area contributed by atoms with E-state index < -0.39 is 5.60 Å². The molecular weight excluding hydrogens is 450 g/mol. The number of hydrogen-bond acceptors (Lipinski definition) is 5. The van der Waals surface area contributed by atoms with Gasteiger partial charge in [-0.1, -0.05) is 38.0 Å². The Morgan fingerprint density at radius 3 is 2.50 bits per heavy atom. The Hall–Kier alpha value is -2.69. The highest BCUT2D eigenvalue weighted by Crippen LogP contribution is 2.68. The quantitative estimate of drug-likeness (QED) is 0.379. The molecule has 4 aliphatic carbocycles. The second-order valence-corrected chi connectivity index (χ2v) is 11.9. The Kier molecular flexibility index (Phi) is 6.25. The van der Waals surface area contributed by atoms with Crippen molar-refractivity contribution in [2.24, 2.45) is 17.3 Å². The molecule has 1 unspecified atom stereocenters. The van der Waals surface area contributed by atoms with Crippen LogP contribution in [-0.4, -0.2) is 37.2 Å². The molecule has 192 valence electrons. The number of carbonyl (C=O) groups excluding carboxylic acids is 3. The Morgan fingerprint density at radius 1 is 1.14 bits per heavy atom. The number of allylic oxidation sites excluding steroid dienone is 4. The van der Waals surface area contributed by atoms with Gasteiger partial charge < -0.3 is 9.64 Å². The molecule has 0 radical (unpaired) electrons. The van der Waals surface area contributed by atoms with Gasteiger partial charge in [0, 0.05) is 44.5 Å².